The minimum atomic E-state index is -1.91. The van der Waals surface area contributed by atoms with Crippen LogP contribution in [0, 0.1) is 17.8 Å². The van der Waals surface area contributed by atoms with Gasteiger partial charge in [0.05, 0.1) is 31.8 Å². The van der Waals surface area contributed by atoms with Crippen LogP contribution in [0.5, 0.6) is 11.5 Å². The molecule has 0 bridgehead atoms. The molecule has 690 valence electrons. The second-order valence-electron chi connectivity index (χ2n) is 33.2. The molecule has 0 radical (unpaired) electrons. The fourth-order valence-corrected chi connectivity index (χ4v) is 15.9. The molecule has 129 heavy (non-hydrogen) atoms. The number of phenols is 2. The van der Waals surface area contributed by atoms with Gasteiger partial charge in [0, 0.05) is 96.6 Å². The molecule has 1 aliphatic heterocycles. The number of aromatic amines is 1. The highest BCUT2D eigenvalue weighted by molar-refractivity contribution is 8.00. The molecule has 2 heterocycles. The van der Waals surface area contributed by atoms with Crippen LogP contribution in [-0.4, -0.2) is 272 Å². The largest absolute Gasteiger partial charge is 0.508 e. The van der Waals surface area contributed by atoms with Gasteiger partial charge in [0.1, 0.15) is 78.0 Å². The van der Waals surface area contributed by atoms with Crippen molar-refractivity contribution in [3.63, 3.8) is 0 Å². The maximum Gasteiger partial charge on any atom is 0.305 e. The number of nitrogens with one attached hydrogen (secondary N) is 10. The van der Waals surface area contributed by atoms with Crippen LogP contribution < -0.4 is 53.6 Å². The number of H-pyrrole nitrogens is 1. The third kappa shape index (κ3) is 30.0. The summed E-state index contributed by atoms with van der Waals surface area (Å²) in [6.07, 6.45) is -0.561. The number of rotatable bonds is 22. The lowest BCUT2D eigenvalue weighted by Gasteiger charge is -2.38. The molecule has 0 unspecified atom stereocenters. The summed E-state index contributed by atoms with van der Waals surface area (Å²) < 4.78 is 0. The van der Waals surface area contributed by atoms with Gasteiger partial charge in [0.25, 0.3) is 0 Å². The number of carboxylic acids is 1. The van der Waals surface area contributed by atoms with Crippen molar-refractivity contribution in [2.45, 2.75) is 166 Å². The number of phenolic OH excluding ortho intramolecular Hbond substituents is 2. The average Bonchev–Trinajstić information content (AvgIpc) is 1.61. The number of para-hydroxylation sites is 1. The normalized spacial score (nSPS) is 22.2. The predicted molar refractivity (Wildman–Crippen MR) is 482 cm³/mol. The number of hydrogen-bond donors (Lipinski definition) is 14. The standard InChI is InChI=1S/C93H118N16O19S/c1-12-56(6)82-93(128)106(8)51-78(114)98-70(47-80(116)117)87(122)104-81(55(4)5)92(127)107(9)74(44-58-26-18-14-19-27-58)88(123)102-71(43-61-34-38-64(111)39-35-61)89(124)105(7)50-77(113)97-69(46-62-48-95-66-31-23-22-30-65(62)66)86(121)101-68(41-60-32-36-63(110)37-33-60)85(120)100-67(40-54(2)3)84(119)103-73(83(118)96-49-76(94)112)52-129-53-79(115)99-72(42-57-24-16-13-17-25-57)90(125)108(10)75(91(126)109(82)11)45-59-28-20-15-21-29-59/h13-39,48,54-56,67-75,81-82,95,110-111H,12,40-47,49-53H2,1-11H3,(H2,94,112)(H,96,118)(H,97,113)(H,98,114)(H,99,115)(H,100,120)(H,101,121)(H,102,123)(H,103,119)(H,104,122)(H,116,117)/t56-,67-,68-,69-,70-,71-,72-,73-,74-,75-,81-,82-/m0/s1. The summed E-state index contributed by atoms with van der Waals surface area (Å²) in [4.78, 5) is 244. The van der Waals surface area contributed by atoms with Gasteiger partial charge >= 0.3 is 5.97 Å². The Morgan fingerprint density at radius 3 is 1.43 bits per heavy atom. The fourth-order valence-electron chi connectivity index (χ4n) is 15.0. The Morgan fingerprint density at radius 2 is 0.899 bits per heavy atom. The van der Waals surface area contributed by atoms with Gasteiger partial charge in [-0.3, -0.25) is 76.7 Å². The number of aromatic hydroxyl groups is 2. The molecule has 0 saturated carbocycles. The third-order valence-corrected chi connectivity index (χ3v) is 23.4. The molecule has 0 spiro atoms. The van der Waals surface area contributed by atoms with Gasteiger partial charge in [-0.2, -0.15) is 0 Å². The lowest BCUT2D eigenvalue weighted by atomic mass is 9.94. The van der Waals surface area contributed by atoms with Crippen molar-refractivity contribution in [3.05, 3.63) is 203 Å². The first kappa shape index (κ1) is 101. The Bertz CT molecular complexity index is 5090. The molecule has 6 aromatic carbocycles. The molecule has 8 rings (SSSR count). The quantitative estimate of drug-likeness (QED) is 0.0462. The van der Waals surface area contributed by atoms with Crippen LogP contribution in [-0.2, 0) is 115 Å². The van der Waals surface area contributed by atoms with Crippen LogP contribution in [0.25, 0.3) is 10.9 Å². The summed E-state index contributed by atoms with van der Waals surface area (Å²) in [5, 5.41) is 55.6. The highest BCUT2D eigenvalue weighted by atomic mass is 32.2. The van der Waals surface area contributed by atoms with E-state index >= 15 is 38.4 Å². The molecule has 12 atom stereocenters. The van der Waals surface area contributed by atoms with Gasteiger partial charge in [-0.1, -0.05) is 181 Å². The predicted octanol–water partition coefficient (Wildman–Crippen LogP) is 2.18. The van der Waals surface area contributed by atoms with Gasteiger partial charge in [0.15, 0.2) is 0 Å². The molecular weight excluding hydrogens is 1680 g/mol. The lowest BCUT2D eigenvalue weighted by molar-refractivity contribution is -0.152. The van der Waals surface area contributed by atoms with Crippen LogP contribution in [0.2, 0.25) is 0 Å². The minimum Gasteiger partial charge on any atom is -0.508 e. The number of carboxylic acid groups (broad SMARTS) is 1. The number of carbonyl (C=O) groups excluding carboxylic acids is 15. The zero-order valence-electron chi connectivity index (χ0n) is 74.2. The van der Waals surface area contributed by atoms with E-state index in [-0.39, 0.29) is 74.5 Å². The summed E-state index contributed by atoms with van der Waals surface area (Å²) in [7, 11) is 6.52. The second kappa shape index (κ2) is 48.3. The Hall–Kier alpha value is -13.7. The highest BCUT2D eigenvalue weighted by Gasteiger charge is 2.43. The summed E-state index contributed by atoms with van der Waals surface area (Å²) >= 11 is 0.827. The monoisotopic (exact) mass is 1790 g/mol. The maximum absolute atomic E-state index is 15.6. The zero-order valence-corrected chi connectivity index (χ0v) is 75.1. The number of benzene rings is 6. The van der Waals surface area contributed by atoms with E-state index in [4.69, 9.17) is 5.73 Å². The van der Waals surface area contributed by atoms with Gasteiger partial charge in [-0.25, -0.2) is 0 Å². The Labute approximate surface area is 753 Å². The van der Waals surface area contributed by atoms with E-state index in [2.05, 4.69) is 52.8 Å². The highest BCUT2D eigenvalue weighted by Crippen LogP contribution is 2.25. The van der Waals surface area contributed by atoms with Crippen LogP contribution in [0.4, 0.5) is 0 Å². The molecule has 36 heteroatoms. The van der Waals surface area contributed by atoms with E-state index in [0.29, 0.717) is 44.3 Å². The van der Waals surface area contributed by atoms with Crippen LogP contribution in [0.3, 0.4) is 0 Å². The molecule has 35 nitrogen and oxygen atoms in total. The number of nitrogens with zero attached hydrogens (tertiary/aromatic N) is 5. The van der Waals surface area contributed by atoms with Gasteiger partial charge < -0.3 is 98.4 Å². The van der Waals surface area contributed by atoms with Crippen molar-refractivity contribution in [3.8, 4) is 11.5 Å². The van der Waals surface area contributed by atoms with Crippen molar-refractivity contribution in [2.24, 2.45) is 23.5 Å². The lowest BCUT2D eigenvalue weighted by Crippen LogP contribution is -2.61. The van der Waals surface area contributed by atoms with Crippen LogP contribution in [0.15, 0.2) is 170 Å². The number of amides is 15. The smallest absolute Gasteiger partial charge is 0.305 e. The zero-order chi connectivity index (χ0) is 94.5. The first-order valence-electron chi connectivity index (χ1n) is 42.6. The van der Waals surface area contributed by atoms with E-state index in [9.17, 15) is 53.7 Å². The Morgan fingerprint density at radius 1 is 0.457 bits per heavy atom. The fraction of sp³-hybridized carbons (Fsp3) is 0.419. The Kier molecular flexibility index (Phi) is 37.7. The number of nitrogens with two attached hydrogens (primary N) is 1. The molecule has 1 aliphatic rings. The van der Waals surface area contributed by atoms with Crippen LogP contribution in [0.1, 0.15) is 94.2 Å². The molecule has 15 amide bonds. The van der Waals surface area contributed by atoms with Crippen molar-refractivity contribution in [1.82, 2.24) is 77.3 Å². The molecule has 1 fully saturated rings. The summed E-state index contributed by atoms with van der Waals surface area (Å²) in [6.45, 7) is 7.76. The topological polar surface area (TPSA) is 500 Å². The molecule has 0 aliphatic carbocycles. The number of carbonyl (C=O) groups is 16. The van der Waals surface area contributed by atoms with E-state index in [1.54, 1.807) is 163 Å². The SMILES string of the molecule is CC[C@H](C)[C@H]1C(=O)N(C)CC(=O)N[C@@H](CC(=O)O)C(=O)N[C@@H](C(C)C)C(=O)N(C)[C@@H](Cc2ccccc2)C(=O)N[C@@H](Cc2ccc(O)cc2)C(=O)N(C)CC(=O)N[C@@H](Cc2c[nH]c3ccccc23)C(=O)N[C@@H](Cc2ccc(O)cc2)C(=O)N[C@@H](CC(C)C)C(=O)N[C@H](C(=O)NCC(N)=O)CSCC(=O)N[C@@H](Cc2ccccc2)C(=O)N(C)[C@@H](Cc2ccccc2)C(=O)N1C. The van der Waals surface area contributed by atoms with E-state index in [1.165, 1.54) is 93.6 Å². The summed E-state index contributed by atoms with van der Waals surface area (Å²) in [5.41, 5.74) is 9.10. The first-order chi connectivity index (χ1) is 61.3. The molecule has 7 aromatic rings. The minimum absolute atomic E-state index is 0.0926. The molecule has 1 aromatic heterocycles. The van der Waals surface area contributed by atoms with Gasteiger partial charge in [-0.15, -0.1) is 11.8 Å². The number of thioether (sulfide) groups is 1. The molecule has 1 saturated heterocycles. The Balaban J connectivity index is 1.21. The second-order valence-corrected chi connectivity index (χ2v) is 34.3. The van der Waals surface area contributed by atoms with E-state index in [0.717, 1.165) is 26.5 Å². The van der Waals surface area contributed by atoms with E-state index in [1.807, 2.05) is 0 Å². The molecular formula is C93H118N16O19S. The molecule has 15 N–H and O–H groups in total. The number of fused-ring (bicyclic) bond motifs is 1. The van der Waals surface area contributed by atoms with Crippen molar-refractivity contribution in [2.75, 3.05) is 66.4 Å². The van der Waals surface area contributed by atoms with Gasteiger partial charge in [0.2, 0.25) is 88.6 Å². The third-order valence-electron chi connectivity index (χ3n) is 22.3. The van der Waals surface area contributed by atoms with E-state index < -0.39 is 205 Å². The van der Waals surface area contributed by atoms with Crippen molar-refractivity contribution in [1.29, 1.82) is 0 Å². The van der Waals surface area contributed by atoms with Gasteiger partial charge in [-0.05, 0) is 87.9 Å². The van der Waals surface area contributed by atoms with Crippen molar-refractivity contribution >= 4 is 117 Å². The summed E-state index contributed by atoms with van der Waals surface area (Å²) in [6, 6.07) is 27.2. The van der Waals surface area contributed by atoms with Crippen molar-refractivity contribution < 1.29 is 92.0 Å². The average molecular weight is 1800 g/mol. The number of aliphatic carboxylic acids is 1. The number of hydrogen-bond acceptors (Lipinski definition) is 19. The number of primary amides is 1. The number of aromatic nitrogens is 1. The first-order valence-corrected chi connectivity index (χ1v) is 43.7. The van der Waals surface area contributed by atoms with Crippen LogP contribution >= 0.6 is 11.8 Å². The summed E-state index contributed by atoms with van der Waals surface area (Å²) in [5.74, 6) is -18.2. The number of likely N-dealkylation sites (N-methyl/N-ethyl adjacent to an activating group) is 5. The maximum atomic E-state index is 15.6.